The second-order valence-corrected chi connectivity index (χ2v) is 8.07. The predicted octanol–water partition coefficient (Wildman–Crippen LogP) is 6.28. The third kappa shape index (κ3) is 6.74. The van der Waals surface area contributed by atoms with Gasteiger partial charge in [0.05, 0.1) is 28.9 Å². The Morgan fingerprint density at radius 2 is 1.69 bits per heavy atom. The maximum Gasteiger partial charge on any atom is 0.253 e. The summed E-state index contributed by atoms with van der Waals surface area (Å²) in [5, 5.41) is 6.75. The Labute approximate surface area is 197 Å². The van der Waals surface area contributed by atoms with E-state index in [0.29, 0.717) is 40.1 Å². The molecule has 0 bridgehead atoms. The molecule has 0 spiro atoms. The topological polar surface area (TPSA) is 67.4 Å². The molecule has 2 amide bonds. The number of hydrogen-bond acceptors (Lipinski definition) is 3. The fourth-order valence-corrected chi connectivity index (χ4v) is 3.57. The third-order valence-electron chi connectivity index (χ3n) is 4.79. The van der Waals surface area contributed by atoms with E-state index in [1.165, 1.54) is 0 Å². The van der Waals surface area contributed by atoms with E-state index >= 15 is 0 Å². The highest BCUT2D eigenvalue weighted by Gasteiger charge is 2.16. The van der Waals surface area contributed by atoms with Crippen LogP contribution in [0.15, 0.2) is 72.8 Å². The first-order valence-corrected chi connectivity index (χ1v) is 11.0. The van der Waals surface area contributed by atoms with E-state index in [4.69, 9.17) is 27.9 Å². The molecule has 0 saturated carbocycles. The van der Waals surface area contributed by atoms with Crippen LogP contribution in [0, 0.1) is 0 Å². The van der Waals surface area contributed by atoms with Crippen LogP contribution >= 0.6 is 23.2 Å². The molecule has 0 saturated heterocycles. The molecular weight excluding hydrogens is 447 g/mol. The second kappa shape index (κ2) is 11.6. The van der Waals surface area contributed by atoms with Crippen molar-refractivity contribution in [2.45, 2.75) is 25.8 Å². The molecule has 3 aromatic rings. The highest BCUT2D eigenvalue weighted by atomic mass is 35.5. The van der Waals surface area contributed by atoms with Gasteiger partial charge in [-0.1, -0.05) is 65.7 Å². The van der Waals surface area contributed by atoms with Gasteiger partial charge in [-0.2, -0.15) is 0 Å². The number of halogens is 2. The van der Waals surface area contributed by atoms with Gasteiger partial charge in [0.15, 0.2) is 0 Å². The number of benzene rings is 3. The molecule has 7 heteroatoms. The predicted molar refractivity (Wildman–Crippen MR) is 129 cm³/mol. The van der Waals surface area contributed by atoms with Crippen molar-refractivity contribution in [1.29, 1.82) is 0 Å². The zero-order chi connectivity index (χ0) is 22.9. The third-order valence-corrected chi connectivity index (χ3v) is 5.32. The van der Waals surface area contributed by atoms with Crippen LogP contribution in [0.2, 0.25) is 10.0 Å². The largest absolute Gasteiger partial charge is 0.492 e. The van der Waals surface area contributed by atoms with E-state index in [1.807, 2.05) is 37.3 Å². The van der Waals surface area contributed by atoms with Crippen molar-refractivity contribution in [1.82, 2.24) is 5.32 Å². The van der Waals surface area contributed by atoms with Gasteiger partial charge in [0.1, 0.15) is 5.75 Å². The van der Waals surface area contributed by atoms with Crippen molar-refractivity contribution in [3.63, 3.8) is 0 Å². The molecule has 5 nitrogen and oxygen atoms in total. The molecule has 0 radical (unpaired) electrons. The van der Waals surface area contributed by atoms with Gasteiger partial charge in [0.2, 0.25) is 5.91 Å². The van der Waals surface area contributed by atoms with Gasteiger partial charge < -0.3 is 15.4 Å². The fourth-order valence-electron chi connectivity index (χ4n) is 3.11. The van der Waals surface area contributed by atoms with Gasteiger partial charge in [-0.25, -0.2) is 0 Å². The van der Waals surface area contributed by atoms with Gasteiger partial charge in [-0.05, 0) is 49.2 Å². The van der Waals surface area contributed by atoms with Crippen LogP contribution in [0.1, 0.15) is 41.7 Å². The van der Waals surface area contributed by atoms with Crippen LogP contribution in [-0.4, -0.2) is 18.4 Å². The Morgan fingerprint density at radius 1 is 0.969 bits per heavy atom. The van der Waals surface area contributed by atoms with E-state index < -0.39 is 0 Å². The summed E-state index contributed by atoms with van der Waals surface area (Å²) >= 11 is 11.9. The summed E-state index contributed by atoms with van der Waals surface area (Å²) in [5.74, 6) is 0.0659. The van der Waals surface area contributed by atoms with Gasteiger partial charge in [-0.3, -0.25) is 9.59 Å². The normalized spacial score (nSPS) is 11.5. The van der Waals surface area contributed by atoms with Crippen molar-refractivity contribution in [2.24, 2.45) is 0 Å². The Bertz CT molecular complexity index is 1070. The first-order chi connectivity index (χ1) is 15.4. The first-order valence-electron chi connectivity index (χ1n) is 10.3. The van der Waals surface area contributed by atoms with Crippen molar-refractivity contribution >= 4 is 40.7 Å². The van der Waals surface area contributed by atoms with E-state index in [1.54, 1.807) is 42.5 Å². The van der Waals surface area contributed by atoms with E-state index in [2.05, 4.69) is 10.6 Å². The standard InChI is InChI=1S/C25H24Cl2N2O3/c1-17(18-8-3-2-4-9-18)28-25(31)20-10-5-6-11-22(20)29-24(30)12-7-15-32-23-14-13-19(26)16-21(23)27/h2-6,8-11,13-14,16-17H,7,12,15H2,1H3,(H,28,31)(H,29,30)/t17-/m1/s1. The molecule has 0 aliphatic carbocycles. The zero-order valence-corrected chi connectivity index (χ0v) is 19.1. The molecule has 0 aliphatic heterocycles. The minimum atomic E-state index is -0.252. The molecule has 0 unspecified atom stereocenters. The Balaban J connectivity index is 1.52. The van der Waals surface area contributed by atoms with Crippen LogP contribution in [0.4, 0.5) is 5.69 Å². The molecule has 2 N–H and O–H groups in total. The lowest BCUT2D eigenvalue weighted by Crippen LogP contribution is -2.28. The highest BCUT2D eigenvalue weighted by molar-refractivity contribution is 6.35. The molecule has 1 atom stereocenters. The molecule has 32 heavy (non-hydrogen) atoms. The zero-order valence-electron chi connectivity index (χ0n) is 17.6. The monoisotopic (exact) mass is 470 g/mol. The van der Waals surface area contributed by atoms with Crippen LogP contribution in [0.3, 0.4) is 0 Å². The van der Waals surface area contributed by atoms with E-state index in [9.17, 15) is 9.59 Å². The van der Waals surface area contributed by atoms with Crippen molar-refractivity contribution < 1.29 is 14.3 Å². The van der Waals surface area contributed by atoms with Crippen LogP contribution in [0.25, 0.3) is 0 Å². The summed E-state index contributed by atoms with van der Waals surface area (Å²) < 4.78 is 5.61. The number of rotatable bonds is 9. The fraction of sp³-hybridized carbons (Fsp3) is 0.200. The van der Waals surface area contributed by atoms with Gasteiger partial charge in [0, 0.05) is 11.4 Å². The summed E-state index contributed by atoms with van der Waals surface area (Å²) in [7, 11) is 0. The molecule has 0 fully saturated rings. The number of para-hydroxylation sites is 1. The molecule has 3 aromatic carbocycles. The number of anilines is 1. The number of amides is 2. The molecular formula is C25H24Cl2N2O3. The van der Waals surface area contributed by atoms with E-state index in [0.717, 1.165) is 5.56 Å². The number of carbonyl (C=O) groups excluding carboxylic acids is 2. The molecule has 0 heterocycles. The molecule has 0 aromatic heterocycles. The van der Waals surface area contributed by atoms with Crippen molar-refractivity contribution in [2.75, 3.05) is 11.9 Å². The Morgan fingerprint density at radius 3 is 2.44 bits per heavy atom. The highest BCUT2D eigenvalue weighted by Crippen LogP contribution is 2.27. The van der Waals surface area contributed by atoms with Gasteiger partial charge in [-0.15, -0.1) is 0 Å². The lowest BCUT2D eigenvalue weighted by atomic mass is 10.1. The number of hydrogen-bond donors (Lipinski definition) is 2. The first kappa shape index (κ1) is 23.6. The Kier molecular flexibility index (Phi) is 8.54. The van der Waals surface area contributed by atoms with Crippen molar-refractivity contribution in [3.8, 4) is 5.75 Å². The Hall–Kier alpha value is -3.02. The second-order valence-electron chi connectivity index (χ2n) is 7.23. The SMILES string of the molecule is C[C@@H](NC(=O)c1ccccc1NC(=O)CCCOc1ccc(Cl)cc1Cl)c1ccccc1. The summed E-state index contributed by atoms with van der Waals surface area (Å²) in [6, 6.07) is 21.5. The summed E-state index contributed by atoms with van der Waals surface area (Å²) in [6.45, 7) is 2.24. The van der Waals surface area contributed by atoms with E-state index in [-0.39, 0.29) is 24.3 Å². The molecule has 166 valence electrons. The van der Waals surface area contributed by atoms with Crippen LogP contribution in [-0.2, 0) is 4.79 Å². The van der Waals surface area contributed by atoms with Crippen LogP contribution in [0.5, 0.6) is 5.75 Å². The number of ether oxygens (including phenoxy) is 1. The summed E-state index contributed by atoms with van der Waals surface area (Å²) in [6.07, 6.45) is 0.728. The lowest BCUT2D eigenvalue weighted by Gasteiger charge is -2.16. The minimum Gasteiger partial charge on any atom is -0.492 e. The quantitative estimate of drug-likeness (QED) is 0.361. The van der Waals surface area contributed by atoms with Gasteiger partial charge in [0.25, 0.3) is 5.91 Å². The average molecular weight is 471 g/mol. The summed E-state index contributed by atoms with van der Waals surface area (Å²) in [5.41, 5.74) is 1.88. The number of carbonyl (C=O) groups is 2. The van der Waals surface area contributed by atoms with Crippen molar-refractivity contribution in [3.05, 3.63) is 94.0 Å². The van der Waals surface area contributed by atoms with Crippen LogP contribution < -0.4 is 15.4 Å². The lowest BCUT2D eigenvalue weighted by molar-refractivity contribution is -0.116. The average Bonchev–Trinajstić information content (AvgIpc) is 2.78. The summed E-state index contributed by atoms with van der Waals surface area (Å²) in [4.78, 5) is 25.2. The molecule has 0 aliphatic rings. The minimum absolute atomic E-state index is 0.163. The maximum atomic E-state index is 12.8. The maximum absolute atomic E-state index is 12.8. The number of nitrogens with one attached hydrogen (secondary N) is 2. The molecule has 3 rings (SSSR count). The smallest absolute Gasteiger partial charge is 0.253 e. The van der Waals surface area contributed by atoms with Gasteiger partial charge >= 0.3 is 0 Å².